The lowest BCUT2D eigenvalue weighted by Gasteiger charge is -2.20. The second kappa shape index (κ2) is 9.05. The molecule has 12 heteroatoms. The summed E-state index contributed by atoms with van der Waals surface area (Å²) in [5.41, 5.74) is -2.51. The summed E-state index contributed by atoms with van der Waals surface area (Å²) in [6.07, 6.45) is -5.01. The number of nitrogens with zero attached hydrogens (tertiary/aromatic N) is 2. The maximum atomic E-state index is 15.3. The van der Waals surface area contributed by atoms with E-state index in [1.807, 2.05) is 20.8 Å². The van der Waals surface area contributed by atoms with Gasteiger partial charge in [0.2, 0.25) is 10.0 Å². The molecule has 1 saturated carbocycles. The van der Waals surface area contributed by atoms with Crippen LogP contribution in [0.3, 0.4) is 0 Å². The van der Waals surface area contributed by atoms with Gasteiger partial charge in [-0.25, -0.2) is 26.3 Å². The molecule has 1 atom stereocenters. The van der Waals surface area contributed by atoms with Gasteiger partial charge >= 0.3 is 6.18 Å². The van der Waals surface area contributed by atoms with Gasteiger partial charge in [0.25, 0.3) is 6.43 Å². The lowest BCUT2D eigenvalue weighted by atomic mass is 9.96. The van der Waals surface area contributed by atoms with Crippen molar-refractivity contribution in [2.45, 2.75) is 64.1 Å². The Bertz CT molecular complexity index is 1390. The van der Waals surface area contributed by atoms with Gasteiger partial charge in [-0.05, 0) is 36.5 Å². The SMILES string of the molecule is CC(C)(C)Cn1cc([C@H](NS(=O)(=O)C2CC2)C(F)F)c2cc(F)c(-c3cccnc3C(F)(F)F)cc21. The number of alkyl halides is 5. The Hall–Kier alpha value is -2.60. The van der Waals surface area contributed by atoms with Gasteiger partial charge in [-0.2, -0.15) is 13.2 Å². The van der Waals surface area contributed by atoms with Gasteiger partial charge in [0.1, 0.15) is 11.9 Å². The Morgan fingerprint density at radius 3 is 2.36 bits per heavy atom. The minimum Gasteiger partial charge on any atom is -0.347 e. The molecule has 2 aromatic heterocycles. The van der Waals surface area contributed by atoms with Crippen molar-refractivity contribution in [1.29, 1.82) is 0 Å². The van der Waals surface area contributed by atoms with Crippen molar-refractivity contribution in [3.63, 3.8) is 0 Å². The largest absolute Gasteiger partial charge is 0.433 e. The van der Waals surface area contributed by atoms with Crippen LogP contribution in [-0.2, 0) is 22.7 Å². The van der Waals surface area contributed by atoms with Gasteiger partial charge in [-0.15, -0.1) is 0 Å². The number of halogens is 6. The molecular weight excluding hydrogens is 508 g/mol. The van der Waals surface area contributed by atoms with Crippen LogP contribution in [0.1, 0.15) is 50.9 Å². The van der Waals surface area contributed by atoms with Crippen molar-refractivity contribution < 1.29 is 34.8 Å². The zero-order valence-corrected chi connectivity index (χ0v) is 20.5. The average Bonchev–Trinajstić information content (AvgIpc) is 3.55. The molecule has 0 aliphatic heterocycles. The lowest BCUT2D eigenvalue weighted by Crippen LogP contribution is -2.35. The van der Waals surface area contributed by atoms with Gasteiger partial charge in [-0.1, -0.05) is 26.8 Å². The Labute approximate surface area is 204 Å². The number of fused-ring (bicyclic) bond motifs is 1. The molecule has 2 heterocycles. The highest BCUT2D eigenvalue weighted by Gasteiger charge is 2.40. The van der Waals surface area contributed by atoms with Crippen LogP contribution in [0.2, 0.25) is 0 Å². The summed E-state index contributed by atoms with van der Waals surface area (Å²) >= 11 is 0. The molecule has 1 N–H and O–H groups in total. The summed E-state index contributed by atoms with van der Waals surface area (Å²) in [6.45, 7) is 5.85. The summed E-state index contributed by atoms with van der Waals surface area (Å²) in [7, 11) is -4.02. The summed E-state index contributed by atoms with van der Waals surface area (Å²) in [6, 6.07) is 2.43. The molecular formula is C24H25F6N3O2S. The maximum absolute atomic E-state index is 15.3. The van der Waals surface area contributed by atoms with Crippen molar-refractivity contribution in [1.82, 2.24) is 14.3 Å². The Kier molecular flexibility index (Phi) is 6.66. The van der Waals surface area contributed by atoms with Crippen molar-refractivity contribution in [3.05, 3.63) is 53.7 Å². The van der Waals surface area contributed by atoms with E-state index in [9.17, 15) is 30.4 Å². The molecule has 0 saturated heterocycles. The third-order valence-corrected chi connectivity index (χ3v) is 7.78. The molecule has 1 fully saturated rings. The Morgan fingerprint density at radius 2 is 1.81 bits per heavy atom. The number of aromatic nitrogens is 2. The predicted molar refractivity (Wildman–Crippen MR) is 123 cm³/mol. The second-order valence-corrected chi connectivity index (χ2v) is 12.2. The molecule has 1 aromatic carbocycles. The van der Waals surface area contributed by atoms with Gasteiger partial charge in [0.15, 0.2) is 5.69 Å². The van der Waals surface area contributed by atoms with E-state index in [2.05, 4.69) is 9.71 Å². The fourth-order valence-corrected chi connectivity index (χ4v) is 5.72. The minimum atomic E-state index is -4.85. The van der Waals surface area contributed by atoms with E-state index >= 15 is 4.39 Å². The number of nitrogens with one attached hydrogen (secondary N) is 1. The molecule has 0 spiro atoms. The zero-order valence-electron chi connectivity index (χ0n) is 19.7. The zero-order chi connectivity index (χ0) is 26.6. The predicted octanol–water partition coefficient (Wildman–Crippen LogP) is 6.30. The van der Waals surface area contributed by atoms with E-state index in [4.69, 9.17) is 0 Å². The average molecular weight is 534 g/mol. The van der Waals surface area contributed by atoms with Crippen LogP contribution in [0.5, 0.6) is 0 Å². The van der Waals surface area contributed by atoms with Crippen molar-refractivity contribution >= 4 is 20.9 Å². The Balaban J connectivity index is 1.94. The molecule has 196 valence electrons. The van der Waals surface area contributed by atoms with E-state index in [1.54, 1.807) is 0 Å². The van der Waals surface area contributed by atoms with E-state index in [1.165, 1.54) is 22.9 Å². The van der Waals surface area contributed by atoms with E-state index in [0.717, 1.165) is 18.3 Å². The Morgan fingerprint density at radius 1 is 1.14 bits per heavy atom. The number of benzene rings is 1. The molecule has 0 amide bonds. The maximum Gasteiger partial charge on any atom is 0.433 e. The third-order valence-electron chi connectivity index (χ3n) is 5.85. The van der Waals surface area contributed by atoms with Crippen LogP contribution in [-0.4, -0.2) is 29.6 Å². The highest BCUT2D eigenvalue weighted by molar-refractivity contribution is 7.90. The molecule has 3 aromatic rings. The van der Waals surface area contributed by atoms with Gasteiger partial charge in [-0.3, -0.25) is 4.98 Å². The van der Waals surface area contributed by atoms with Crippen molar-refractivity contribution in [3.8, 4) is 11.1 Å². The van der Waals surface area contributed by atoms with E-state index in [0.29, 0.717) is 12.8 Å². The molecule has 0 bridgehead atoms. The first-order valence-corrected chi connectivity index (χ1v) is 12.8. The molecule has 1 aliphatic carbocycles. The molecule has 1 aliphatic rings. The van der Waals surface area contributed by atoms with Crippen LogP contribution in [0.15, 0.2) is 36.7 Å². The highest BCUT2D eigenvalue weighted by Crippen LogP contribution is 2.40. The number of sulfonamides is 1. The van der Waals surface area contributed by atoms with Crippen LogP contribution in [0.4, 0.5) is 26.3 Å². The summed E-state index contributed by atoms with van der Waals surface area (Å²) in [5.74, 6) is -1.08. The van der Waals surface area contributed by atoms with Crippen LogP contribution < -0.4 is 4.72 Å². The van der Waals surface area contributed by atoms with Gasteiger partial charge in [0.05, 0.1) is 5.25 Å². The summed E-state index contributed by atoms with van der Waals surface area (Å²) in [4.78, 5) is 3.37. The fraction of sp³-hybridized carbons (Fsp3) is 0.458. The fourth-order valence-electron chi connectivity index (χ4n) is 4.18. The standard InChI is InChI=1S/C24H25F6N3O2S/c1-23(2,3)12-33-11-17(20(22(26)27)32-36(34,35)13-6-7-13)16-9-18(25)15(10-19(16)33)14-5-4-8-31-21(14)24(28,29)30/h4-5,8-11,13,20,22,32H,6-7,12H2,1-3H3/t20-/m0/s1. The van der Waals surface area contributed by atoms with Crippen LogP contribution >= 0.6 is 0 Å². The van der Waals surface area contributed by atoms with Crippen molar-refractivity contribution in [2.75, 3.05) is 0 Å². The first kappa shape index (κ1) is 26.5. The van der Waals surface area contributed by atoms with Gasteiger partial charge in [0, 0.05) is 46.5 Å². The second-order valence-electron chi connectivity index (χ2n) is 10.2. The minimum absolute atomic E-state index is 0.0123. The van der Waals surface area contributed by atoms with Crippen LogP contribution in [0, 0.1) is 11.2 Å². The number of hydrogen-bond donors (Lipinski definition) is 1. The topological polar surface area (TPSA) is 64.0 Å². The van der Waals surface area contributed by atoms with E-state index in [-0.39, 0.29) is 23.0 Å². The lowest BCUT2D eigenvalue weighted by molar-refractivity contribution is -0.140. The number of pyridine rings is 1. The van der Waals surface area contributed by atoms with Crippen LogP contribution in [0.25, 0.3) is 22.0 Å². The van der Waals surface area contributed by atoms with E-state index < -0.39 is 62.0 Å². The molecule has 0 unspecified atom stereocenters. The first-order chi connectivity index (χ1) is 16.6. The molecule has 0 radical (unpaired) electrons. The monoisotopic (exact) mass is 533 g/mol. The molecule has 36 heavy (non-hydrogen) atoms. The number of rotatable bonds is 7. The smallest absolute Gasteiger partial charge is 0.347 e. The summed E-state index contributed by atoms with van der Waals surface area (Å²) in [5, 5.41) is -0.766. The van der Waals surface area contributed by atoms with Crippen molar-refractivity contribution in [2.24, 2.45) is 5.41 Å². The first-order valence-electron chi connectivity index (χ1n) is 11.2. The normalized spacial score (nSPS) is 16.2. The van der Waals surface area contributed by atoms with Gasteiger partial charge < -0.3 is 4.57 Å². The quantitative estimate of drug-likeness (QED) is 0.363. The molecule has 5 nitrogen and oxygen atoms in total. The number of hydrogen-bond acceptors (Lipinski definition) is 3. The highest BCUT2D eigenvalue weighted by atomic mass is 32.2. The molecule has 4 rings (SSSR count). The third kappa shape index (κ3) is 5.39. The summed E-state index contributed by atoms with van der Waals surface area (Å²) < 4.78 is 113.